The standard InChI is InChI=1S/C25H22N4O3.ClH/c1-2-32-18-9-7-17(8-10-18)24-21-22(19-5-3-4-6-20(19)30)27-28-23(21)25(31)29(24)15-16-11-13-26-14-12-16;/h3-14,24,30H,2,15H2,1H3,(H,27,28);1H. The van der Waals surface area contributed by atoms with Crippen molar-refractivity contribution in [1.29, 1.82) is 0 Å². The number of hydrogen-bond acceptors (Lipinski definition) is 5. The van der Waals surface area contributed by atoms with E-state index in [1.54, 1.807) is 30.6 Å². The van der Waals surface area contributed by atoms with Gasteiger partial charge in [0.25, 0.3) is 5.91 Å². The van der Waals surface area contributed by atoms with E-state index in [9.17, 15) is 9.90 Å². The van der Waals surface area contributed by atoms with E-state index in [1.807, 2.05) is 54.3 Å². The lowest BCUT2D eigenvalue weighted by molar-refractivity contribution is 0.0730. The second-order valence-electron chi connectivity index (χ2n) is 7.57. The largest absolute Gasteiger partial charge is 0.507 e. The molecule has 168 valence electrons. The van der Waals surface area contributed by atoms with Crippen LogP contribution < -0.4 is 4.74 Å². The van der Waals surface area contributed by atoms with Gasteiger partial charge in [0.05, 0.1) is 12.6 Å². The SMILES string of the molecule is CCOc1ccc(C2c3c(-c4ccccc4O)n[nH]c3C(=O)N2Cc2ccncc2)cc1.Cl. The number of para-hydroxylation sites is 1. The first-order chi connectivity index (χ1) is 15.7. The maximum Gasteiger partial charge on any atom is 0.273 e. The van der Waals surface area contributed by atoms with Gasteiger partial charge in [0.15, 0.2) is 0 Å². The zero-order valence-corrected chi connectivity index (χ0v) is 18.7. The summed E-state index contributed by atoms with van der Waals surface area (Å²) in [4.78, 5) is 19.3. The number of hydrogen-bond donors (Lipinski definition) is 2. The van der Waals surface area contributed by atoms with E-state index in [0.717, 1.165) is 22.4 Å². The number of nitrogens with one attached hydrogen (secondary N) is 1. The lowest BCUT2D eigenvalue weighted by Crippen LogP contribution is -2.29. The van der Waals surface area contributed by atoms with E-state index in [-0.39, 0.29) is 30.1 Å². The topological polar surface area (TPSA) is 91.3 Å². The molecule has 0 aliphatic carbocycles. The molecular weight excluding hydrogens is 440 g/mol. The van der Waals surface area contributed by atoms with Gasteiger partial charge in [-0.15, -0.1) is 12.4 Å². The number of phenolic OH excluding ortho intramolecular Hbond substituents is 1. The zero-order chi connectivity index (χ0) is 22.1. The molecule has 8 heteroatoms. The summed E-state index contributed by atoms with van der Waals surface area (Å²) in [6.07, 6.45) is 3.44. The lowest BCUT2D eigenvalue weighted by Gasteiger charge is -2.26. The van der Waals surface area contributed by atoms with Crippen molar-refractivity contribution >= 4 is 18.3 Å². The van der Waals surface area contributed by atoms with Crippen LogP contribution in [-0.2, 0) is 6.54 Å². The molecule has 0 fully saturated rings. The van der Waals surface area contributed by atoms with Crippen molar-refractivity contribution in [2.24, 2.45) is 0 Å². The lowest BCUT2D eigenvalue weighted by atomic mass is 9.95. The number of phenols is 1. The summed E-state index contributed by atoms with van der Waals surface area (Å²) >= 11 is 0. The van der Waals surface area contributed by atoms with Gasteiger partial charge in [-0.25, -0.2) is 0 Å². The van der Waals surface area contributed by atoms with Crippen LogP contribution in [0.5, 0.6) is 11.5 Å². The summed E-state index contributed by atoms with van der Waals surface area (Å²) in [6.45, 7) is 2.94. The quantitative estimate of drug-likeness (QED) is 0.431. The van der Waals surface area contributed by atoms with Crippen LogP contribution in [0.2, 0.25) is 0 Å². The number of benzene rings is 2. The molecule has 7 nitrogen and oxygen atoms in total. The molecule has 1 amide bonds. The van der Waals surface area contributed by atoms with Crippen LogP contribution in [0.3, 0.4) is 0 Å². The maximum absolute atomic E-state index is 13.4. The predicted molar refractivity (Wildman–Crippen MR) is 127 cm³/mol. The molecule has 3 heterocycles. The molecule has 0 saturated carbocycles. The summed E-state index contributed by atoms with van der Waals surface area (Å²) in [5.41, 5.74) is 4.27. The number of aromatic hydroxyl groups is 1. The highest BCUT2D eigenvalue weighted by atomic mass is 35.5. The molecule has 1 aliphatic rings. The van der Waals surface area contributed by atoms with Crippen LogP contribution in [0.4, 0.5) is 0 Å². The number of ether oxygens (including phenoxy) is 1. The van der Waals surface area contributed by atoms with Crippen molar-refractivity contribution in [2.75, 3.05) is 6.61 Å². The first kappa shape index (κ1) is 22.4. The highest BCUT2D eigenvalue weighted by Gasteiger charge is 2.42. The Labute approximate surface area is 197 Å². The van der Waals surface area contributed by atoms with Gasteiger partial charge in [0, 0.05) is 30.1 Å². The summed E-state index contributed by atoms with van der Waals surface area (Å²) in [5.74, 6) is 0.756. The Morgan fingerprint density at radius 2 is 1.79 bits per heavy atom. The number of H-pyrrole nitrogens is 1. The highest BCUT2D eigenvalue weighted by molar-refractivity contribution is 6.00. The molecule has 0 saturated heterocycles. The van der Waals surface area contributed by atoms with E-state index in [2.05, 4.69) is 15.2 Å². The van der Waals surface area contributed by atoms with Crippen molar-refractivity contribution < 1.29 is 14.6 Å². The summed E-state index contributed by atoms with van der Waals surface area (Å²) in [7, 11) is 0. The molecule has 0 spiro atoms. The van der Waals surface area contributed by atoms with Crippen molar-refractivity contribution in [3.63, 3.8) is 0 Å². The van der Waals surface area contributed by atoms with Crippen molar-refractivity contribution in [3.05, 3.63) is 95.4 Å². The summed E-state index contributed by atoms with van der Waals surface area (Å²) < 4.78 is 5.59. The van der Waals surface area contributed by atoms with Gasteiger partial charge in [-0.2, -0.15) is 5.10 Å². The fourth-order valence-corrected chi connectivity index (χ4v) is 4.18. The Balaban J connectivity index is 0.00000259. The minimum Gasteiger partial charge on any atom is -0.507 e. The van der Waals surface area contributed by atoms with Crippen molar-refractivity contribution in [1.82, 2.24) is 20.1 Å². The number of halogens is 1. The Morgan fingerprint density at radius 1 is 1.06 bits per heavy atom. The average molecular weight is 463 g/mol. The molecule has 2 aromatic heterocycles. The van der Waals surface area contributed by atoms with E-state index in [0.29, 0.717) is 30.1 Å². The number of carbonyl (C=O) groups is 1. The summed E-state index contributed by atoms with van der Waals surface area (Å²) in [5, 5.41) is 17.8. The van der Waals surface area contributed by atoms with Crippen LogP contribution in [-0.4, -0.2) is 37.7 Å². The van der Waals surface area contributed by atoms with Gasteiger partial charge in [-0.1, -0.05) is 24.3 Å². The van der Waals surface area contributed by atoms with Gasteiger partial charge in [0.2, 0.25) is 0 Å². The third kappa shape index (κ3) is 4.03. The van der Waals surface area contributed by atoms with E-state index >= 15 is 0 Å². The van der Waals surface area contributed by atoms with Crippen LogP contribution in [0.1, 0.15) is 40.1 Å². The number of nitrogens with zero attached hydrogens (tertiary/aromatic N) is 3. The number of pyridine rings is 1. The fourth-order valence-electron chi connectivity index (χ4n) is 4.18. The number of aromatic nitrogens is 3. The Morgan fingerprint density at radius 3 is 2.48 bits per heavy atom. The molecule has 2 N–H and O–H groups in total. The molecular formula is C25H23ClN4O3. The first-order valence-corrected chi connectivity index (χ1v) is 10.5. The van der Waals surface area contributed by atoms with Crippen LogP contribution in [0, 0.1) is 0 Å². The Bertz CT molecular complexity index is 1260. The smallest absolute Gasteiger partial charge is 0.273 e. The van der Waals surface area contributed by atoms with Crippen LogP contribution in [0.25, 0.3) is 11.3 Å². The van der Waals surface area contributed by atoms with Gasteiger partial charge < -0.3 is 14.7 Å². The molecule has 1 atom stereocenters. The predicted octanol–water partition coefficient (Wildman–Crippen LogP) is 4.74. The van der Waals surface area contributed by atoms with E-state index < -0.39 is 0 Å². The van der Waals surface area contributed by atoms with Gasteiger partial charge in [-0.05, 0) is 54.4 Å². The average Bonchev–Trinajstić information content (AvgIpc) is 3.35. The number of aromatic amines is 1. The van der Waals surface area contributed by atoms with Gasteiger partial charge in [0.1, 0.15) is 22.9 Å². The van der Waals surface area contributed by atoms with E-state index in [4.69, 9.17) is 4.74 Å². The highest BCUT2D eigenvalue weighted by Crippen LogP contribution is 2.45. The van der Waals surface area contributed by atoms with Crippen molar-refractivity contribution in [3.8, 4) is 22.8 Å². The zero-order valence-electron chi connectivity index (χ0n) is 17.9. The Hall–Kier alpha value is -3.84. The monoisotopic (exact) mass is 462 g/mol. The maximum atomic E-state index is 13.4. The number of carbonyl (C=O) groups excluding carboxylic acids is 1. The molecule has 5 rings (SSSR count). The minimum atomic E-state index is -0.366. The van der Waals surface area contributed by atoms with Crippen LogP contribution in [0.15, 0.2) is 73.1 Å². The summed E-state index contributed by atoms with van der Waals surface area (Å²) in [6, 6.07) is 18.2. The molecule has 33 heavy (non-hydrogen) atoms. The van der Waals surface area contributed by atoms with Crippen molar-refractivity contribution in [2.45, 2.75) is 19.5 Å². The molecule has 1 unspecified atom stereocenters. The molecule has 2 aromatic carbocycles. The second kappa shape index (κ2) is 9.34. The molecule has 0 bridgehead atoms. The van der Waals surface area contributed by atoms with Gasteiger partial charge >= 0.3 is 0 Å². The van der Waals surface area contributed by atoms with Crippen LogP contribution >= 0.6 is 12.4 Å². The molecule has 4 aromatic rings. The molecule has 1 aliphatic heterocycles. The van der Waals surface area contributed by atoms with Gasteiger partial charge in [-0.3, -0.25) is 14.9 Å². The Kier molecular flexibility index (Phi) is 6.33. The van der Waals surface area contributed by atoms with E-state index in [1.165, 1.54) is 0 Å². The third-order valence-electron chi connectivity index (χ3n) is 5.63. The second-order valence-corrected chi connectivity index (χ2v) is 7.57. The number of fused-ring (bicyclic) bond motifs is 1. The fraction of sp³-hybridized carbons (Fsp3) is 0.160. The number of amides is 1. The third-order valence-corrected chi connectivity index (χ3v) is 5.63. The number of rotatable bonds is 6. The minimum absolute atomic E-state index is 0. The normalized spacial score (nSPS) is 14.6. The molecule has 0 radical (unpaired) electrons. The first-order valence-electron chi connectivity index (χ1n) is 10.5.